The average Bonchev–Trinajstić information content (AvgIpc) is 2.75. The Morgan fingerprint density at radius 2 is 1.54 bits per heavy atom. The van der Waals surface area contributed by atoms with Gasteiger partial charge in [-0.25, -0.2) is 0 Å². The summed E-state index contributed by atoms with van der Waals surface area (Å²) in [5.74, 6) is -0.546. The van der Waals surface area contributed by atoms with Crippen molar-refractivity contribution < 1.29 is 4.79 Å². The van der Waals surface area contributed by atoms with Crippen LogP contribution in [-0.2, 0) is 0 Å². The van der Waals surface area contributed by atoms with E-state index < -0.39 is 17.0 Å². The quantitative estimate of drug-likeness (QED) is 0.562. The van der Waals surface area contributed by atoms with Crippen LogP contribution in [0.25, 0.3) is 0 Å². The zero-order valence-corrected chi connectivity index (χ0v) is 6.56. The molecule has 1 aromatic carbocycles. The van der Waals surface area contributed by atoms with E-state index in [0.29, 0.717) is 10.1 Å². The molecule has 0 aliphatic carbocycles. The van der Waals surface area contributed by atoms with E-state index in [9.17, 15) is 14.4 Å². The fourth-order valence-electron chi connectivity index (χ4n) is 1.03. The van der Waals surface area contributed by atoms with Crippen LogP contribution in [0, 0.1) is 0 Å². The van der Waals surface area contributed by atoms with Gasteiger partial charge in [-0.3, -0.25) is 14.4 Å². The number of benzene rings is 1. The van der Waals surface area contributed by atoms with Gasteiger partial charge in [0.05, 0.1) is 0 Å². The van der Waals surface area contributed by atoms with Gasteiger partial charge in [0.25, 0.3) is 5.91 Å². The summed E-state index contributed by atoms with van der Waals surface area (Å²) in [5.41, 5.74) is -1.11. The summed E-state index contributed by atoms with van der Waals surface area (Å²) in [4.78, 5) is 32.5. The first-order valence-electron chi connectivity index (χ1n) is 3.69. The Morgan fingerprint density at radius 1 is 1.00 bits per heavy atom. The number of nitrogens with zero attached hydrogens (tertiary/aromatic N) is 1. The minimum Gasteiger partial charge on any atom is -0.268 e. The van der Waals surface area contributed by atoms with Crippen LogP contribution in [0.2, 0.25) is 0 Å². The van der Waals surface area contributed by atoms with E-state index >= 15 is 0 Å². The molecule has 0 amide bonds. The molecule has 2 aromatic rings. The van der Waals surface area contributed by atoms with E-state index in [1.165, 1.54) is 0 Å². The Labute approximate surface area is 72.7 Å². The minimum atomic E-state index is -0.728. The second-order valence-corrected chi connectivity index (χ2v) is 2.62. The topological polar surface area (TPSA) is 56.1 Å². The van der Waals surface area contributed by atoms with Gasteiger partial charge in [-0.2, -0.15) is 4.57 Å². The monoisotopic (exact) mass is 175 g/mol. The fraction of sp³-hybridized carbons (Fsp3) is 0. The molecular formula is C9H5NO3. The predicted molar refractivity (Wildman–Crippen MR) is 45.5 cm³/mol. The molecular weight excluding hydrogens is 170 g/mol. The lowest BCUT2D eigenvalue weighted by Gasteiger charge is -1.92. The highest BCUT2D eigenvalue weighted by atomic mass is 16.2. The first kappa shape index (κ1) is 7.67. The molecule has 13 heavy (non-hydrogen) atoms. The van der Waals surface area contributed by atoms with Gasteiger partial charge in [0.2, 0.25) is 0 Å². The lowest BCUT2D eigenvalue weighted by atomic mass is 10.2. The molecule has 0 N–H and O–H groups in total. The van der Waals surface area contributed by atoms with Crippen LogP contribution < -0.4 is 11.1 Å². The Bertz CT molecular complexity index is 492. The van der Waals surface area contributed by atoms with Crippen LogP contribution in [0.15, 0.2) is 39.9 Å². The summed E-state index contributed by atoms with van der Waals surface area (Å²) in [5, 5.41) is 0. The molecule has 2 rings (SSSR count). The molecule has 0 saturated carbocycles. The summed E-state index contributed by atoms with van der Waals surface area (Å²) < 4.78 is 0.620. The Morgan fingerprint density at radius 3 is 2.00 bits per heavy atom. The Kier molecular flexibility index (Phi) is 1.48. The van der Waals surface area contributed by atoms with E-state index in [-0.39, 0.29) is 0 Å². The van der Waals surface area contributed by atoms with Gasteiger partial charge in [-0.1, -0.05) is 18.2 Å². The molecule has 1 heterocycles. The molecule has 4 heteroatoms. The molecule has 0 atom stereocenters. The first-order chi connectivity index (χ1) is 6.22. The molecule has 0 bridgehead atoms. The normalized spacial score (nSPS) is 10.5. The number of carbonyl (C=O) groups is 1. The Hall–Kier alpha value is -1.97. The average molecular weight is 175 g/mol. The van der Waals surface area contributed by atoms with E-state index in [4.69, 9.17) is 0 Å². The molecule has 0 aliphatic heterocycles. The van der Waals surface area contributed by atoms with Gasteiger partial charge in [0.15, 0.2) is 0 Å². The molecule has 0 fully saturated rings. The number of rotatable bonds is 1. The fourth-order valence-corrected chi connectivity index (χ4v) is 1.03. The summed E-state index contributed by atoms with van der Waals surface area (Å²) in [7, 11) is 0. The molecule has 0 unspecified atom stereocenters. The number of aromatic nitrogens is 1. The zero-order valence-electron chi connectivity index (χ0n) is 6.56. The van der Waals surface area contributed by atoms with Gasteiger partial charge < -0.3 is 0 Å². The van der Waals surface area contributed by atoms with Crippen molar-refractivity contribution in [2.24, 2.45) is 0 Å². The smallest absolute Gasteiger partial charge is 0.268 e. The number of hydrogen-bond acceptors (Lipinski definition) is 3. The Balaban J connectivity index is 2.41. The highest BCUT2D eigenvalue weighted by Crippen LogP contribution is 1.99. The van der Waals surface area contributed by atoms with Gasteiger partial charge in [0, 0.05) is 5.56 Å². The van der Waals surface area contributed by atoms with Crippen LogP contribution in [0.4, 0.5) is 0 Å². The van der Waals surface area contributed by atoms with Crippen molar-refractivity contribution in [3.63, 3.8) is 0 Å². The van der Waals surface area contributed by atoms with Crippen LogP contribution >= 0.6 is 0 Å². The lowest BCUT2D eigenvalue weighted by molar-refractivity contribution is 0.0967. The van der Waals surface area contributed by atoms with Crippen LogP contribution in [0.1, 0.15) is 10.4 Å². The van der Waals surface area contributed by atoms with Crippen molar-refractivity contribution in [3.05, 3.63) is 56.6 Å². The van der Waals surface area contributed by atoms with Crippen molar-refractivity contribution in [1.29, 1.82) is 0 Å². The minimum absolute atomic E-state index is 0.349. The third kappa shape index (κ3) is 1.12. The van der Waals surface area contributed by atoms with Crippen LogP contribution in [-0.4, -0.2) is 10.5 Å². The number of carbonyl (C=O) groups excluding carboxylic acids is 1. The predicted octanol–water partition coefficient (Wildman–Crippen LogP) is -0.227. The summed E-state index contributed by atoms with van der Waals surface area (Å²) in [6, 6.07) is 8.21. The van der Waals surface area contributed by atoms with Crippen molar-refractivity contribution >= 4 is 5.91 Å². The molecule has 4 nitrogen and oxygen atoms in total. The maximum absolute atomic E-state index is 11.3. The number of hydrogen-bond donors (Lipinski definition) is 0. The maximum Gasteiger partial charge on any atom is 0.327 e. The summed E-state index contributed by atoms with van der Waals surface area (Å²) in [6.45, 7) is 0. The molecule has 0 radical (unpaired) electrons. The second-order valence-electron chi connectivity index (χ2n) is 2.62. The van der Waals surface area contributed by atoms with Gasteiger partial charge in [0.1, 0.15) is 0 Å². The molecule has 0 aliphatic rings. The molecule has 0 saturated heterocycles. The third-order valence-corrected chi connectivity index (χ3v) is 1.76. The highest BCUT2D eigenvalue weighted by Gasteiger charge is 2.23. The summed E-state index contributed by atoms with van der Waals surface area (Å²) >= 11 is 0. The molecule has 0 spiro atoms. The summed E-state index contributed by atoms with van der Waals surface area (Å²) in [6.07, 6.45) is 0. The first-order valence-corrected chi connectivity index (χ1v) is 3.69. The van der Waals surface area contributed by atoms with Crippen molar-refractivity contribution in [2.75, 3.05) is 0 Å². The van der Waals surface area contributed by atoms with Crippen molar-refractivity contribution in [3.8, 4) is 0 Å². The lowest BCUT2D eigenvalue weighted by Crippen LogP contribution is -2.10. The van der Waals surface area contributed by atoms with Crippen LogP contribution in [0.3, 0.4) is 0 Å². The van der Waals surface area contributed by atoms with Gasteiger partial charge >= 0.3 is 11.1 Å². The van der Waals surface area contributed by atoms with Crippen molar-refractivity contribution in [1.82, 2.24) is 4.57 Å². The molecule has 1 aromatic heterocycles. The van der Waals surface area contributed by atoms with E-state index in [0.717, 1.165) is 0 Å². The van der Waals surface area contributed by atoms with Crippen molar-refractivity contribution in [2.45, 2.75) is 0 Å². The SMILES string of the molecule is O=C(c1ccccc1)n1c(=O)c1=O. The largest absolute Gasteiger partial charge is 0.327 e. The molecule has 64 valence electrons. The zero-order chi connectivity index (χ0) is 9.42. The standard InChI is InChI=1S/C9H5NO3/c11-7(10-8(12)9(10)13)6-4-2-1-3-5-6/h1-5H. The van der Waals surface area contributed by atoms with Crippen LogP contribution in [0.5, 0.6) is 0 Å². The third-order valence-electron chi connectivity index (χ3n) is 1.76. The maximum atomic E-state index is 11.3. The second kappa shape index (κ2) is 2.52. The van der Waals surface area contributed by atoms with Gasteiger partial charge in [-0.15, -0.1) is 0 Å². The highest BCUT2D eigenvalue weighted by molar-refractivity contribution is 5.96. The van der Waals surface area contributed by atoms with E-state index in [1.54, 1.807) is 30.3 Å². The van der Waals surface area contributed by atoms with E-state index in [2.05, 4.69) is 0 Å². The van der Waals surface area contributed by atoms with Gasteiger partial charge in [-0.05, 0) is 12.1 Å². The van der Waals surface area contributed by atoms with E-state index in [1.807, 2.05) is 0 Å².